The van der Waals surface area contributed by atoms with E-state index in [0.29, 0.717) is 0 Å². The minimum atomic E-state index is -0.150. The Balaban J connectivity index is 0.720. The van der Waals surface area contributed by atoms with E-state index in [9.17, 15) is 0 Å². The molecule has 0 spiro atoms. The smallest absolute Gasteiger partial charge is 0.0159 e. The number of rotatable bonds is 4. The van der Waals surface area contributed by atoms with Crippen molar-refractivity contribution >= 4 is 86.2 Å². The molecule has 15 rings (SSSR count). The van der Waals surface area contributed by atoms with Crippen molar-refractivity contribution in [2.75, 3.05) is 0 Å². The number of hydrogen-bond donors (Lipinski definition) is 0. The molecule has 1 aliphatic carbocycles. The number of fused-ring (bicyclic) bond motifs is 17. The summed E-state index contributed by atoms with van der Waals surface area (Å²) in [6.07, 6.45) is 0. The Labute approximate surface area is 412 Å². The molecule has 0 saturated heterocycles. The van der Waals surface area contributed by atoms with Gasteiger partial charge in [-0.15, -0.1) is 0 Å². The summed E-state index contributed by atoms with van der Waals surface area (Å²) in [6.45, 7) is 4.79. The van der Waals surface area contributed by atoms with Crippen LogP contribution in [0.1, 0.15) is 25.0 Å². The second-order valence-electron chi connectivity index (χ2n) is 20.4. The van der Waals surface area contributed by atoms with Crippen molar-refractivity contribution in [3.8, 4) is 55.6 Å². The molecule has 0 nitrogen and oxygen atoms in total. The van der Waals surface area contributed by atoms with E-state index < -0.39 is 0 Å². The molecule has 0 unspecified atom stereocenters. The summed E-state index contributed by atoms with van der Waals surface area (Å²) in [7, 11) is 0. The molecule has 0 fully saturated rings. The Morgan fingerprint density at radius 1 is 0.197 bits per heavy atom. The van der Waals surface area contributed by atoms with E-state index in [1.165, 1.54) is 153 Å². The Hall–Kier alpha value is -8.84. The molecule has 0 heterocycles. The van der Waals surface area contributed by atoms with E-state index in [4.69, 9.17) is 0 Å². The van der Waals surface area contributed by atoms with Crippen LogP contribution in [0.2, 0.25) is 0 Å². The molecule has 14 aromatic rings. The van der Waals surface area contributed by atoms with Crippen molar-refractivity contribution < 1.29 is 0 Å². The van der Waals surface area contributed by atoms with Crippen LogP contribution in [0, 0.1) is 0 Å². The first-order valence-electron chi connectivity index (χ1n) is 25.0. The van der Waals surface area contributed by atoms with Crippen LogP contribution in [0.5, 0.6) is 0 Å². The quantitative estimate of drug-likeness (QED) is 0.154. The van der Waals surface area contributed by atoms with Crippen LogP contribution >= 0.6 is 0 Å². The normalized spacial score (nSPS) is 13.0. The molecule has 0 N–H and O–H groups in total. The van der Waals surface area contributed by atoms with Gasteiger partial charge in [0.1, 0.15) is 0 Å². The molecule has 0 radical (unpaired) electrons. The zero-order valence-corrected chi connectivity index (χ0v) is 39.6. The van der Waals surface area contributed by atoms with Gasteiger partial charge in [-0.05, 0) is 201 Å². The van der Waals surface area contributed by atoms with Gasteiger partial charge in [-0.2, -0.15) is 0 Å². The number of benzene rings is 14. The van der Waals surface area contributed by atoms with E-state index in [0.717, 1.165) is 0 Å². The maximum Gasteiger partial charge on any atom is 0.0159 e. The standard InChI is InChI=1S/C71H46/c1-71(2)69-41-53(49-25-21-43-35-47(23-19-45(43)37-49)51-27-31-63-59-15-5-3-11-55(59)57-13-7-9-17-61(57)67(63)39-51)29-33-65(69)66-34-30-54(42-70(66)71)50-26-22-44-36-48(24-20-46(44)38-50)52-28-32-64-60-16-6-4-12-56(60)58-14-8-10-18-62(58)68(64)40-52/h3-42H,1-2H3. The van der Waals surface area contributed by atoms with Crippen molar-refractivity contribution in [2.24, 2.45) is 0 Å². The third-order valence-corrected chi connectivity index (χ3v) is 16.2. The minimum Gasteiger partial charge on any atom is -0.0616 e. The predicted molar refractivity (Wildman–Crippen MR) is 306 cm³/mol. The molecule has 0 atom stereocenters. The second-order valence-corrected chi connectivity index (χ2v) is 20.4. The summed E-state index contributed by atoms with van der Waals surface area (Å²) in [5.41, 5.74) is 15.2. The molecule has 0 aliphatic heterocycles. The van der Waals surface area contributed by atoms with Gasteiger partial charge in [0.2, 0.25) is 0 Å². The molecule has 0 heteroatoms. The topological polar surface area (TPSA) is 0 Å². The average Bonchev–Trinajstić information content (AvgIpc) is 3.66. The average molecular weight is 899 g/mol. The maximum atomic E-state index is 2.45. The third kappa shape index (κ3) is 6.11. The van der Waals surface area contributed by atoms with Crippen molar-refractivity contribution in [3.63, 3.8) is 0 Å². The van der Waals surface area contributed by atoms with E-state index in [-0.39, 0.29) is 5.41 Å². The Kier molecular flexibility index (Phi) is 8.51. The summed E-state index contributed by atoms with van der Waals surface area (Å²) in [6, 6.07) is 91.3. The first kappa shape index (κ1) is 40.1. The molecule has 0 amide bonds. The van der Waals surface area contributed by atoms with Gasteiger partial charge in [0.25, 0.3) is 0 Å². The van der Waals surface area contributed by atoms with Crippen LogP contribution in [0.15, 0.2) is 243 Å². The summed E-state index contributed by atoms with van der Waals surface area (Å²) in [5.74, 6) is 0. The molecule has 0 bridgehead atoms. The minimum absolute atomic E-state index is 0.150. The fourth-order valence-electron chi connectivity index (χ4n) is 12.5. The summed E-state index contributed by atoms with van der Waals surface area (Å²) >= 11 is 0. The highest BCUT2D eigenvalue weighted by Gasteiger charge is 2.36. The van der Waals surface area contributed by atoms with Gasteiger partial charge in [0.15, 0.2) is 0 Å². The Bertz CT molecular complexity index is 4240. The summed E-state index contributed by atoms with van der Waals surface area (Å²) in [4.78, 5) is 0. The number of hydrogen-bond acceptors (Lipinski definition) is 0. The maximum absolute atomic E-state index is 2.45. The highest BCUT2D eigenvalue weighted by molar-refractivity contribution is 6.27. The van der Waals surface area contributed by atoms with E-state index in [2.05, 4.69) is 257 Å². The van der Waals surface area contributed by atoms with Crippen LogP contribution in [0.4, 0.5) is 0 Å². The predicted octanol–water partition coefficient (Wildman–Crippen LogP) is 19.9. The highest BCUT2D eigenvalue weighted by Crippen LogP contribution is 2.51. The fraction of sp³-hybridized carbons (Fsp3) is 0.0423. The zero-order chi connectivity index (χ0) is 47.0. The zero-order valence-electron chi connectivity index (χ0n) is 39.6. The lowest BCUT2D eigenvalue weighted by molar-refractivity contribution is 0.661. The first-order chi connectivity index (χ1) is 34.9. The third-order valence-electron chi connectivity index (χ3n) is 16.2. The van der Waals surface area contributed by atoms with Gasteiger partial charge in [-0.25, -0.2) is 0 Å². The van der Waals surface area contributed by atoms with E-state index in [1.807, 2.05) is 0 Å². The van der Waals surface area contributed by atoms with Crippen molar-refractivity contribution in [2.45, 2.75) is 19.3 Å². The van der Waals surface area contributed by atoms with Crippen LogP contribution in [-0.4, -0.2) is 0 Å². The Morgan fingerprint density at radius 2 is 0.423 bits per heavy atom. The molecular formula is C71H46. The van der Waals surface area contributed by atoms with Gasteiger partial charge in [-0.1, -0.05) is 208 Å². The van der Waals surface area contributed by atoms with Gasteiger partial charge >= 0.3 is 0 Å². The summed E-state index contributed by atoms with van der Waals surface area (Å²) < 4.78 is 0. The molecule has 14 aromatic carbocycles. The van der Waals surface area contributed by atoms with Crippen LogP contribution < -0.4 is 0 Å². The lowest BCUT2D eigenvalue weighted by Crippen LogP contribution is -2.15. The second kappa shape index (κ2) is 15.1. The molecule has 71 heavy (non-hydrogen) atoms. The molecule has 1 aliphatic rings. The van der Waals surface area contributed by atoms with Crippen LogP contribution in [0.25, 0.3) is 142 Å². The van der Waals surface area contributed by atoms with Crippen LogP contribution in [-0.2, 0) is 5.41 Å². The molecule has 330 valence electrons. The lowest BCUT2D eigenvalue weighted by atomic mass is 9.80. The van der Waals surface area contributed by atoms with Gasteiger partial charge in [0, 0.05) is 5.41 Å². The Morgan fingerprint density at radius 3 is 0.732 bits per heavy atom. The first-order valence-corrected chi connectivity index (χ1v) is 25.0. The van der Waals surface area contributed by atoms with Crippen molar-refractivity contribution in [3.05, 3.63) is 254 Å². The van der Waals surface area contributed by atoms with Gasteiger partial charge in [-0.3, -0.25) is 0 Å². The van der Waals surface area contributed by atoms with Gasteiger partial charge < -0.3 is 0 Å². The van der Waals surface area contributed by atoms with Crippen molar-refractivity contribution in [1.29, 1.82) is 0 Å². The monoisotopic (exact) mass is 898 g/mol. The largest absolute Gasteiger partial charge is 0.0616 e. The highest BCUT2D eigenvalue weighted by atomic mass is 14.4. The van der Waals surface area contributed by atoms with Gasteiger partial charge in [0.05, 0.1) is 0 Å². The molecular weight excluding hydrogens is 853 g/mol. The molecule has 0 saturated carbocycles. The lowest BCUT2D eigenvalue weighted by Gasteiger charge is -2.23. The fourth-order valence-corrected chi connectivity index (χ4v) is 12.5. The SMILES string of the molecule is CC1(C)c2cc(-c3ccc4cc(-c5ccc6c7ccccc7c7ccccc7c6c5)ccc4c3)ccc2-c2ccc(-c3ccc4cc(-c5ccc6c7ccccc7c7ccccc7c6c5)ccc4c3)cc21. The van der Waals surface area contributed by atoms with Crippen LogP contribution in [0.3, 0.4) is 0 Å². The van der Waals surface area contributed by atoms with E-state index in [1.54, 1.807) is 0 Å². The summed E-state index contributed by atoms with van der Waals surface area (Å²) in [5, 5.41) is 20.6. The van der Waals surface area contributed by atoms with E-state index >= 15 is 0 Å². The molecule has 0 aromatic heterocycles. The van der Waals surface area contributed by atoms with Crippen molar-refractivity contribution in [1.82, 2.24) is 0 Å².